The topological polar surface area (TPSA) is 83.9 Å². The maximum atomic E-state index is 5.64. The van der Waals surface area contributed by atoms with Crippen LogP contribution in [0.2, 0.25) is 0 Å². The van der Waals surface area contributed by atoms with E-state index in [1.807, 2.05) is 38.1 Å². The van der Waals surface area contributed by atoms with E-state index in [0.29, 0.717) is 18.3 Å². The van der Waals surface area contributed by atoms with Gasteiger partial charge in [-0.3, -0.25) is 5.43 Å². The van der Waals surface area contributed by atoms with E-state index in [1.165, 1.54) is 0 Å². The van der Waals surface area contributed by atoms with Gasteiger partial charge in [0.2, 0.25) is 5.90 Å². The van der Waals surface area contributed by atoms with Crippen molar-refractivity contribution in [2.45, 2.75) is 26.5 Å². The Hall–Kier alpha value is -2.35. The van der Waals surface area contributed by atoms with Crippen LogP contribution in [0.4, 0.5) is 11.6 Å². The van der Waals surface area contributed by atoms with Gasteiger partial charge in [-0.05, 0) is 19.4 Å². The molecular formula is C15H24N6O2. The molecule has 0 bridgehead atoms. The average molecular weight is 320 g/mol. The van der Waals surface area contributed by atoms with Gasteiger partial charge in [0.05, 0.1) is 0 Å². The normalized spacial score (nSPS) is 16.5. The van der Waals surface area contributed by atoms with Gasteiger partial charge < -0.3 is 19.7 Å². The van der Waals surface area contributed by atoms with Crippen molar-refractivity contribution in [3.63, 3.8) is 0 Å². The van der Waals surface area contributed by atoms with Gasteiger partial charge in [-0.25, -0.2) is 0 Å². The summed E-state index contributed by atoms with van der Waals surface area (Å²) in [5.41, 5.74) is 2.87. The Morgan fingerprint density at radius 2 is 2.13 bits per heavy atom. The molecule has 1 atom stereocenters. The summed E-state index contributed by atoms with van der Waals surface area (Å²) in [6.45, 7) is 5.50. The third-order valence-electron chi connectivity index (χ3n) is 2.92. The van der Waals surface area contributed by atoms with Crippen LogP contribution < -0.4 is 20.4 Å². The fraction of sp³-hybridized carbons (Fsp3) is 0.533. The molecule has 0 fully saturated rings. The van der Waals surface area contributed by atoms with Crippen LogP contribution in [0.5, 0.6) is 6.01 Å². The molecule has 0 aliphatic carbocycles. The van der Waals surface area contributed by atoms with E-state index in [2.05, 4.69) is 32.7 Å². The largest absolute Gasteiger partial charge is 0.404 e. The Balaban J connectivity index is 2.05. The summed E-state index contributed by atoms with van der Waals surface area (Å²) in [5, 5.41) is 7.29. The summed E-state index contributed by atoms with van der Waals surface area (Å²) in [7, 11) is 3.83. The maximum absolute atomic E-state index is 5.64. The highest BCUT2D eigenvalue weighted by Gasteiger charge is 2.13. The third-order valence-corrected chi connectivity index (χ3v) is 2.92. The van der Waals surface area contributed by atoms with E-state index in [1.54, 1.807) is 6.08 Å². The Kier molecular flexibility index (Phi) is 6.16. The molecule has 1 aromatic rings. The Morgan fingerprint density at radius 1 is 1.30 bits per heavy atom. The molecule has 1 aliphatic heterocycles. The van der Waals surface area contributed by atoms with Crippen LogP contribution in [0, 0.1) is 0 Å². The predicted octanol–water partition coefficient (Wildman–Crippen LogP) is 1.58. The van der Waals surface area contributed by atoms with Crippen molar-refractivity contribution in [1.82, 2.24) is 15.4 Å². The summed E-state index contributed by atoms with van der Waals surface area (Å²) >= 11 is 0. The highest BCUT2D eigenvalue weighted by Crippen LogP contribution is 2.18. The molecule has 0 aromatic carbocycles. The number of nitrogens with one attached hydrogen (secondary N) is 2. The number of hydrogen-bond donors (Lipinski definition) is 2. The Bertz CT molecular complexity index is 573. The van der Waals surface area contributed by atoms with Crippen molar-refractivity contribution in [1.29, 1.82) is 0 Å². The molecule has 0 saturated heterocycles. The van der Waals surface area contributed by atoms with Gasteiger partial charge in [0.1, 0.15) is 11.6 Å². The molecule has 126 valence electrons. The van der Waals surface area contributed by atoms with E-state index >= 15 is 0 Å². The van der Waals surface area contributed by atoms with E-state index in [0.717, 1.165) is 18.8 Å². The van der Waals surface area contributed by atoms with E-state index < -0.39 is 0 Å². The lowest BCUT2D eigenvalue weighted by Crippen LogP contribution is -2.31. The molecule has 1 aromatic heterocycles. The van der Waals surface area contributed by atoms with Gasteiger partial charge in [0, 0.05) is 39.4 Å². The monoisotopic (exact) mass is 320 g/mol. The molecule has 0 amide bonds. The minimum atomic E-state index is -0.228. The number of nitrogens with zero attached hydrogens (tertiary/aromatic N) is 4. The molecule has 0 saturated carbocycles. The van der Waals surface area contributed by atoms with Gasteiger partial charge in [-0.2, -0.15) is 9.97 Å². The SMILES string of the molecule is CCCO[C@@H]1C=CC(Oc2nc(NCC)cc(N(C)C)n2)=NN1. The maximum Gasteiger partial charge on any atom is 0.327 e. The molecule has 0 radical (unpaired) electrons. The van der Waals surface area contributed by atoms with Crippen molar-refractivity contribution in [3.05, 3.63) is 18.2 Å². The van der Waals surface area contributed by atoms with Gasteiger partial charge >= 0.3 is 6.01 Å². The zero-order chi connectivity index (χ0) is 16.7. The number of hydrogen-bond acceptors (Lipinski definition) is 8. The second-order valence-electron chi connectivity index (χ2n) is 5.15. The zero-order valence-electron chi connectivity index (χ0n) is 14.0. The van der Waals surface area contributed by atoms with Crippen LogP contribution in [-0.4, -0.2) is 49.3 Å². The first-order valence-electron chi connectivity index (χ1n) is 7.73. The van der Waals surface area contributed by atoms with Gasteiger partial charge in [-0.1, -0.05) is 6.92 Å². The van der Waals surface area contributed by atoms with Crippen LogP contribution in [-0.2, 0) is 4.74 Å². The van der Waals surface area contributed by atoms with Gasteiger partial charge in [-0.15, -0.1) is 5.10 Å². The standard InChI is InChI=1S/C15H24N6O2/c1-5-9-22-13-7-8-14(20-19-13)23-15-17-11(16-6-2)10-12(18-15)21(3)4/h7-8,10,13,19H,5-6,9H2,1-4H3,(H,16,17,18)/t13-/m1/s1. The first kappa shape index (κ1) is 17.0. The highest BCUT2D eigenvalue weighted by atomic mass is 16.5. The molecular weight excluding hydrogens is 296 g/mol. The fourth-order valence-corrected chi connectivity index (χ4v) is 1.82. The van der Waals surface area contributed by atoms with Crippen molar-refractivity contribution in [2.75, 3.05) is 37.5 Å². The van der Waals surface area contributed by atoms with Crippen molar-refractivity contribution >= 4 is 17.5 Å². The lowest BCUT2D eigenvalue weighted by molar-refractivity contribution is 0.0621. The van der Waals surface area contributed by atoms with Crippen molar-refractivity contribution in [3.8, 4) is 6.01 Å². The lowest BCUT2D eigenvalue weighted by Gasteiger charge is -2.18. The first-order chi connectivity index (χ1) is 11.1. The van der Waals surface area contributed by atoms with Crippen LogP contribution in [0.25, 0.3) is 0 Å². The van der Waals surface area contributed by atoms with Crippen molar-refractivity contribution in [2.24, 2.45) is 5.10 Å². The van der Waals surface area contributed by atoms with Crippen LogP contribution in [0.15, 0.2) is 23.3 Å². The number of anilines is 2. The van der Waals surface area contributed by atoms with E-state index in [4.69, 9.17) is 9.47 Å². The number of rotatable bonds is 7. The quantitative estimate of drug-likeness (QED) is 0.789. The minimum Gasteiger partial charge on any atom is -0.404 e. The second kappa shape index (κ2) is 8.33. The first-order valence-corrected chi connectivity index (χ1v) is 7.73. The molecule has 8 nitrogen and oxygen atoms in total. The smallest absolute Gasteiger partial charge is 0.327 e. The Labute approximate surface area is 136 Å². The highest BCUT2D eigenvalue weighted by molar-refractivity contribution is 5.89. The van der Waals surface area contributed by atoms with Gasteiger partial charge in [0.25, 0.3) is 0 Å². The van der Waals surface area contributed by atoms with Crippen LogP contribution in [0.3, 0.4) is 0 Å². The second-order valence-corrected chi connectivity index (χ2v) is 5.15. The zero-order valence-corrected chi connectivity index (χ0v) is 14.0. The fourth-order valence-electron chi connectivity index (χ4n) is 1.82. The molecule has 2 N–H and O–H groups in total. The number of hydrazone groups is 1. The minimum absolute atomic E-state index is 0.228. The molecule has 1 aliphatic rings. The van der Waals surface area contributed by atoms with E-state index in [9.17, 15) is 0 Å². The average Bonchev–Trinajstić information content (AvgIpc) is 2.54. The predicted molar refractivity (Wildman–Crippen MR) is 90.9 cm³/mol. The summed E-state index contributed by atoms with van der Waals surface area (Å²) < 4.78 is 11.2. The number of aromatic nitrogens is 2. The molecule has 8 heteroatoms. The van der Waals surface area contributed by atoms with Crippen molar-refractivity contribution < 1.29 is 9.47 Å². The van der Waals surface area contributed by atoms with Gasteiger partial charge in [0.15, 0.2) is 6.23 Å². The number of ether oxygens (including phenoxy) is 2. The molecule has 2 heterocycles. The third kappa shape index (κ3) is 5.10. The van der Waals surface area contributed by atoms with Crippen LogP contribution in [0.1, 0.15) is 20.3 Å². The van der Waals surface area contributed by atoms with E-state index in [-0.39, 0.29) is 12.2 Å². The molecule has 23 heavy (non-hydrogen) atoms. The summed E-state index contributed by atoms with van der Waals surface area (Å²) in [4.78, 5) is 10.6. The lowest BCUT2D eigenvalue weighted by atomic mass is 10.4. The summed E-state index contributed by atoms with van der Waals surface area (Å²) in [6, 6.07) is 2.10. The summed E-state index contributed by atoms with van der Waals surface area (Å²) in [6.07, 6.45) is 4.32. The summed E-state index contributed by atoms with van der Waals surface area (Å²) in [5.74, 6) is 1.85. The van der Waals surface area contributed by atoms with Crippen LogP contribution >= 0.6 is 0 Å². The molecule has 0 unspecified atom stereocenters. The molecule has 2 rings (SSSR count). The Morgan fingerprint density at radius 3 is 2.74 bits per heavy atom. The molecule has 0 spiro atoms.